The SMILES string of the molecule is COc1ccc(OCCNc2cncc(C(=O)N3CCN(C(C)=O)CC3)c2)cc1. The Hall–Kier alpha value is -3.29. The lowest BCUT2D eigenvalue weighted by Crippen LogP contribution is -2.50. The summed E-state index contributed by atoms with van der Waals surface area (Å²) in [4.78, 5) is 31.8. The maximum Gasteiger partial charge on any atom is 0.255 e. The molecular formula is C21H26N4O4. The van der Waals surface area contributed by atoms with E-state index in [1.165, 1.54) is 0 Å². The Morgan fingerprint density at radius 3 is 2.34 bits per heavy atom. The van der Waals surface area contributed by atoms with Gasteiger partial charge in [0.05, 0.1) is 18.4 Å². The zero-order valence-electron chi connectivity index (χ0n) is 16.8. The number of piperazine rings is 1. The average molecular weight is 398 g/mol. The summed E-state index contributed by atoms with van der Waals surface area (Å²) in [5.41, 5.74) is 1.29. The molecule has 154 valence electrons. The molecule has 2 amide bonds. The molecule has 0 aliphatic carbocycles. The van der Waals surface area contributed by atoms with Crippen molar-refractivity contribution in [2.75, 3.05) is 51.8 Å². The summed E-state index contributed by atoms with van der Waals surface area (Å²) >= 11 is 0. The molecule has 1 N–H and O–H groups in total. The Labute approximate surface area is 170 Å². The molecule has 0 saturated carbocycles. The molecule has 29 heavy (non-hydrogen) atoms. The number of amides is 2. The summed E-state index contributed by atoms with van der Waals surface area (Å²) < 4.78 is 10.8. The Kier molecular flexibility index (Phi) is 6.89. The van der Waals surface area contributed by atoms with Crippen molar-refractivity contribution in [1.29, 1.82) is 0 Å². The van der Waals surface area contributed by atoms with Crippen molar-refractivity contribution in [3.63, 3.8) is 0 Å². The van der Waals surface area contributed by atoms with E-state index in [2.05, 4.69) is 10.3 Å². The van der Waals surface area contributed by atoms with Gasteiger partial charge in [0, 0.05) is 52.0 Å². The van der Waals surface area contributed by atoms with Crippen molar-refractivity contribution >= 4 is 17.5 Å². The third kappa shape index (κ3) is 5.60. The smallest absolute Gasteiger partial charge is 0.255 e. The number of nitrogens with zero attached hydrogens (tertiary/aromatic N) is 3. The normalized spacial score (nSPS) is 13.7. The van der Waals surface area contributed by atoms with Gasteiger partial charge in [-0.25, -0.2) is 0 Å². The second-order valence-corrected chi connectivity index (χ2v) is 6.71. The number of carbonyl (C=O) groups is 2. The third-order valence-corrected chi connectivity index (χ3v) is 4.76. The highest BCUT2D eigenvalue weighted by Crippen LogP contribution is 2.17. The van der Waals surface area contributed by atoms with E-state index in [1.54, 1.807) is 42.3 Å². The predicted octanol–water partition coefficient (Wildman–Crippen LogP) is 1.89. The minimum absolute atomic E-state index is 0.0434. The Balaban J connectivity index is 1.47. The van der Waals surface area contributed by atoms with Crippen LogP contribution in [0.2, 0.25) is 0 Å². The number of hydrogen-bond donors (Lipinski definition) is 1. The van der Waals surface area contributed by atoms with Gasteiger partial charge in [-0.1, -0.05) is 0 Å². The first-order valence-corrected chi connectivity index (χ1v) is 9.57. The van der Waals surface area contributed by atoms with E-state index in [1.807, 2.05) is 24.3 Å². The van der Waals surface area contributed by atoms with Gasteiger partial charge in [-0.15, -0.1) is 0 Å². The van der Waals surface area contributed by atoms with E-state index in [-0.39, 0.29) is 11.8 Å². The van der Waals surface area contributed by atoms with Gasteiger partial charge in [0.15, 0.2) is 0 Å². The van der Waals surface area contributed by atoms with E-state index in [0.29, 0.717) is 44.9 Å². The Morgan fingerprint density at radius 2 is 1.69 bits per heavy atom. The van der Waals surface area contributed by atoms with Crippen LogP contribution in [0.1, 0.15) is 17.3 Å². The number of hydrogen-bond acceptors (Lipinski definition) is 6. The average Bonchev–Trinajstić information content (AvgIpc) is 2.77. The molecule has 1 aliphatic rings. The molecule has 0 spiro atoms. The maximum atomic E-state index is 12.7. The quantitative estimate of drug-likeness (QED) is 0.717. The van der Waals surface area contributed by atoms with E-state index in [9.17, 15) is 9.59 Å². The van der Waals surface area contributed by atoms with Crippen LogP contribution in [0, 0.1) is 0 Å². The number of aromatic nitrogens is 1. The first-order valence-electron chi connectivity index (χ1n) is 9.57. The number of rotatable bonds is 7. The van der Waals surface area contributed by atoms with Crippen molar-refractivity contribution in [2.24, 2.45) is 0 Å². The van der Waals surface area contributed by atoms with Crippen molar-refractivity contribution in [3.8, 4) is 11.5 Å². The molecule has 0 atom stereocenters. The van der Waals surface area contributed by atoms with Crippen LogP contribution < -0.4 is 14.8 Å². The molecule has 8 heteroatoms. The third-order valence-electron chi connectivity index (χ3n) is 4.76. The van der Waals surface area contributed by atoms with Gasteiger partial charge in [0.1, 0.15) is 18.1 Å². The van der Waals surface area contributed by atoms with E-state index < -0.39 is 0 Å². The van der Waals surface area contributed by atoms with Crippen LogP contribution in [0.25, 0.3) is 0 Å². The summed E-state index contributed by atoms with van der Waals surface area (Å²) in [7, 11) is 1.62. The van der Waals surface area contributed by atoms with Crippen LogP contribution in [0.15, 0.2) is 42.7 Å². The fourth-order valence-electron chi connectivity index (χ4n) is 3.10. The molecule has 1 saturated heterocycles. The number of benzene rings is 1. The van der Waals surface area contributed by atoms with Crippen molar-refractivity contribution < 1.29 is 19.1 Å². The lowest BCUT2D eigenvalue weighted by molar-refractivity contribution is -0.130. The minimum Gasteiger partial charge on any atom is -0.497 e. The largest absolute Gasteiger partial charge is 0.497 e. The summed E-state index contributed by atoms with van der Waals surface area (Å²) in [6, 6.07) is 9.19. The van der Waals surface area contributed by atoms with E-state index >= 15 is 0 Å². The Bertz CT molecular complexity index is 833. The molecule has 1 aromatic carbocycles. The summed E-state index contributed by atoms with van der Waals surface area (Å²) in [5.74, 6) is 1.52. The van der Waals surface area contributed by atoms with Crippen LogP contribution in [-0.4, -0.2) is 73.0 Å². The standard InChI is InChI=1S/C21H26N4O4/c1-16(26)24-8-10-25(11-9-24)21(27)17-13-18(15-22-14-17)23-7-12-29-20-5-3-19(28-2)4-6-20/h3-6,13-15,23H,7-12H2,1-2H3. The predicted molar refractivity (Wildman–Crippen MR) is 109 cm³/mol. The summed E-state index contributed by atoms with van der Waals surface area (Å²) in [5, 5.41) is 3.22. The molecule has 0 bridgehead atoms. The van der Waals surface area contributed by atoms with Gasteiger partial charge >= 0.3 is 0 Å². The van der Waals surface area contributed by atoms with Crippen LogP contribution in [0.4, 0.5) is 5.69 Å². The zero-order valence-corrected chi connectivity index (χ0v) is 16.8. The molecule has 0 radical (unpaired) electrons. The van der Waals surface area contributed by atoms with Gasteiger partial charge < -0.3 is 24.6 Å². The lowest BCUT2D eigenvalue weighted by Gasteiger charge is -2.34. The summed E-state index contributed by atoms with van der Waals surface area (Å²) in [6.45, 7) is 4.79. The molecule has 1 fully saturated rings. The van der Waals surface area contributed by atoms with Crippen LogP contribution in [0.5, 0.6) is 11.5 Å². The van der Waals surface area contributed by atoms with Gasteiger partial charge in [-0.2, -0.15) is 0 Å². The highest BCUT2D eigenvalue weighted by molar-refractivity contribution is 5.95. The first kappa shape index (κ1) is 20.4. The second-order valence-electron chi connectivity index (χ2n) is 6.71. The second kappa shape index (κ2) is 9.77. The highest BCUT2D eigenvalue weighted by Gasteiger charge is 2.23. The van der Waals surface area contributed by atoms with Crippen LogP contribution in [0.3, 0.4) is 0 Å². The number of nitrogens with one attached hydrogen (secondary N) is 1. The lowest BCUT2D eigenvalue weighted by atomic mass is 10.2. The fourth-order valence-corrected chi connectivity index (χ4v) is 3.10. The number of carbonyl (C=O) groups excluding carboxylic acids is 2. The number of anilines is 1. The van der Waals surface area contributed by atoms with Gasteiger partial charge in [0.25, 0.3) is 5.91 Å². The van der Waals surface area contributed by atoms with Crippen LogP contribution in [-0.2, 0) is 4.79 Å². The zero-order chi connectivity index (χ0) is 20.6. The van der Waals surface area contributed by atoms with Gasteiger partial charge in [-0.3, -0.25) is 14.6 Å². The highest BCUT2D eigenvalue weighted by atomic mass is 16.5. The number of ether oxygens (including phenoxy) is 2. The maximum absolute atomic E-state index is 12.7. The van der Waals surface area contributed by atoms with Crippen molar-refractivity contribution in [3.05, 3.63) is 48.3 Å². The van der Waals surface area contributed by atoms with E-state index in [0.717, 1.165) is 17.2 Å². The topological polar surface area (TPSA) is 84.0 Å². The fraction of sp³-hybridized carbons (Fsp3) is 0.381. The molecular weight excluding hydrogens is 372 g/mol. The molecule has 1 aliphatic heterocycles. The molecule has 8 nitrogen and oxygen atoms in total. The van der Waals surface area contributed by atoms with Crippen molar-refractivity contribution in [1.82, 2.24) is 14.8 Å². The number of pyridine rings is 1. The Morgan fingerprint density at radius 1 is 1.03 bits per heavy atom. The van der Waals surface area contributed by atoms with Gasteiger partial charge in [-0.05, 0) is 30.3 Å². The van der Waals surface area contributed by atoms with E-state index in [4.69, 9.17) is 9.47 Å². The molecule has 3 rings (SSSR count). The minimum atomic E-state index is -0.0705. The first-order chi connectivity index (χ1) is 14.1. The molecule has 1 aromatic heterocycles. The monoisotopic (exact) mass is 398 g/mol. The van der Waals surface area contributed by atoms with Crippen LogP contribution >= 0.6 is 0 Å². The molecule has 0 unspecified atom stereocenters. The van der Waals surface area contributed by atoms with Gasteiger partial charge in [0.2, 0.25) is 5.91 Å². The molecule has 2 heterocycles. The summed E-state index contributed by atoms with van der Waals surface area (Å²) in [6.07, 6.45) is 3.25. The van der Waals surface area contributed by atoms with Crippen molar-refractivity contribution in [2.45, 2.75) is 6.92 Å². The molecule has 2 aromatic rings. The number of methoxy groups -OCH3 is 1.